The van der Waals surface area contributed by atoms with Crippen molar-refractivity contribution in [3.8, 4) is 0 Å². The molecule has 146 valence electrons. The van der Waals surface area contributed by atoms with E-state index in [1.165, 1.54) is 19.3 Å². The molecule has 0 aromatic rings. The molecule has 0 heterocycles. The van der Waals surface area contributed by atoms with Crippen LogP contribution in [0.5, 0.6) is 0 Å². The van der Waals surface area contributed by atoms with Crippen molar-refractivity contribution < 1.29 is 21.7 Å². The Morgan fingerprint density at radius 2 is 1.36 bits per heavy atom. The van der Waals surface area contributed by atoms with Gasteiger partial charge in [-0.05, 0) is 48.9 Å². The Balaban J connectivity index is 0. The second kappa shape index (κ2) is 9.90. The van der Waals surface area contributed by atoms with Gasteiger partial charge in [0, 0.05) is 0 Å². The van der Waals surface area contributed by atoms with E-state index < -0.39 is 8.24 Å². The van der Waals surface area contributed by atoms with E-state index in [-0.39, 0.29) is 49.5 Å². The molecule has 3 heteroatoms. The summed E-state index contributed by atoms with van der Waals surface area (Å²) in [5, 5.41) is 0. The van der Waals surface area contributed by atoms with Gasteiger partial charge in [0.1, 0.15) is 0 Å². The molecule has 0 N–H and O–H groups in total. The zero-order valence-corrected chi connectivity index (χ0v) is 21.2. The summed E-state index contributed by atoms with van der Waals surface area (Å²) in [6.07, 6.45) is 9.22. The summed E-state index contributed by atoms with van der Waals surface area (Å²) in [6, 6.07) is 0. The van der Waals surface area contributed by atoms with E-state index in [9.17, 15) is 0 Å². The fraction of sp³-hybridized carbons (Fsp3) is 0.864. The van der Waals surface area contributed by atoms with E-state index in [1.54, 1.807) is 19.3 Å². The Morgan fingerprint density at radius 1 is 0.840 bits per heavy atom. The average molecular weight is 400 g/mol. The first kappa shape index (κ1) is 28.1. The first-order valence-electron chi connectivity index (χ1n) is 9.41. The van der Waals surface area contributed by atoms with E-state index >= 15 is 0 Å². The maximum absolute atomic E-state index is 5.39. The van der Waals surface area contributed by atoms with Gasteiger partial charge < -0.3 is 27.3 Å². The van der Waals surface area contributed by atoms with Crippen LogP contribution in [0.15, 0.2) is 0 Å². The van der Waals surface area contributed by atoms with Crippen molar-refractivity contribution in [2.24, 2.45) is 29.6 Å². The maximum Gasteiger partial charge on any atom is 4.00 e. The van der Waals surface area contributed by atoms with E-state index in [2.05, 4.69) is 40.8 Å². The van der Waals surface area contributed by atoms with Crippen LogP contribution in [0.25, 0.3) is 4.98 Å². The maximum atomic E-state index is 5.39. The topological polar surface area (TPSA) is 14.1 Å². The van der Waals surface area contributed by atoms with E-state index in [0.29, 0.717) is 0 Å². The van der Waals surface area contributed by atoms with Crippen LogP contribution in [0.2, 0.25) is 18.6 Å². The summed E-state index contributed by atoms with van der Waals surface area (Å²) in [5.74, 6) is 5.17. The van der Waals surface area contributed by atoms with Gasteiger partial charge >= 0.3 is 21.7 Å². The molecule has 3 aliphatic rings. The summed E-state index contributed by atoms with van der Waals surface area (Å²) in [7, 11) is -1.50. The molecule has 0 amide bonds. The molecule has 1 nitrogen and oxygen atoms in total. The van der Waals surface area contributed by atoms with Gasteiger partial charge in [0.15, 0.2) is 0 Å². The second-order valence-electron chi connectivity index (χ2n) is 10.0. The first-order valence-corrected chi connectivity index (χ1v) is 12.4. The number of fused-ring (bicyclic) bond motifs is 2. The van der Waals surface area contributed by atoms with Gasteiger partial charge in [-0.25, -0.2) is 0 Å². The minimum atomic E-state index is -1.50. The van der Waals surface area contributed by atoms with Crippen molar-refractivity contribution in [3.05, 3.63) is 27.3 Å². The Bertz CT molecular complexity index is 390. The Hall–Kier alpha value is 0.891. The Kier molecular flexibility index (Phi) is 11.1. The van der Waals surface area contributed by atoms with E-state index in [4.69, 9.17) is 4.98 Å². The molecule has 3 rings (SSSR count). The standard InChI is InChI=1S/C19H36NSi.3CH3.Ti/c1-13-10-16-11-14-8-7-9-15(14)12-17(16)18(13)21(5,6)20-19(2,3)4;;;;/h13-18H,7-12H2,1-6H3;3*1H3;/q4*-1;+4/t13-,14?,15?,16?,17?,18?;;;;/m1..../s1. The van der Waals surface area contributed by atoms with Gasteiger partial charge in [0.05, 0.1) is 0 Å². The van der Waals surface area contributed by atoms with Crippen LogP contribution in [0.4, 0.5) is 0 Å². The van der Waals surface area contributed by atoms with Crippen molar-refractivity contribution in [3.63, 3.8) is 0 Å². The van der Waals surface area contributed by atoms with Gasteiger partial charge in [-0.2, -0.15) is 0 Å². The molecule has 0 aliphatic heterocycles. The third-order valence-electron chi connectivity index (χ3n) is 6.79. The average Bonchev–Trinajstić information content (AvgIpc) is 2.83. The number of hydrogen-bond acceptors (Lipinski definition) is 0. The van der Waals surface area contributed by atoms with Gasteiger partial charge in [0.2, 0.25) is 0 Å². The predicted molar refractivity (Wildman–Crippen MR) is 114 cm³/mol. The molecule has 3 aliphatic carbocycles. The third-order valence-corrected chi connectivity index (χ3v) is 10.7. The molecule has 0 saturated heterocycles. The smallest absolute Gasteiger partial charge is 0.660 e. The van der Waals surface area contributed by atoms with Crippen LogP contribution in [0, 0.1) is 51.9 Å². The molecule has 0 radical (unpaired) electrons. The summed E-state index contributed by atoms with van der Waals surface area (Å²) in [4.78, 5) is 5.39. The molecule has 0 aromatic heterocycles. The molecule has 6 atom stereocenters. The van der Waals surface area contributed by atoms with Crippen LogP contribution in [0.3, 0.4) is 0 Å². The van der Waals surface area contributed by atoms with E-state index in [0.717, 1.165) is 35.1 Å². The molecule has 0 aromatic carbocycles. The van der Waals surface area contributed by atoms with Crippen molar-refractivity contribution in [1.29, 1.82) is 0 Å². The second-order valence-corrected chi connectivity index (χ2v) is 14.2. The molecular weight excluding hydrogens is 354 g/mol. The molecule has 3 saturated carbocycles. The SMILES string of the molecule is C[C@@H]1CC2CC3CCCC3CC2C1[Si](C)(C)[N-]C(C)(C)C.[CH3-].[CH3-].[CH3-].[Ti+4]. The van der Waals surface area contributed by atoms with Crippen LogP contribution in [0.1, 0.15) is 66.2 Å². The van der Waals surface area contributed by atoms with Crippen LogP contribution < -0.4 is 0 Å². The van der Waals surface area contributed by atoms with Crippen LogP contribution >= 0.6 is 0 Å². The van der Waals surface area contributed by atoms with Crippen LogP contribution in [-0.2, 0) is 21.7 Å². The Labute approximate surface area is 176 Å². The zero-order chi connectivity index (χ0) is 15.4. The number of rotatable bonds is 2. The van der Waals surface area contributed by atoms with Gasteiger partial charge in [-0.3, -0.25) is 0 Å². The zero-order valence-electron chi connectivity index (χ0n) is 18.7. The minimum absolute atomic E-state index is 0. The van der Waals surface area contributed by atoms with Crippen molar-refractivity contribution in [2.45, 2.75) is 90.4 Å². The molecule has 0 spiro atoms. The predicted octanol–water partition coefficient (Wildman–Crippen LogP) is 7.56. The first-order chi connectivity index (χ1) is 9.67. The normalized spacial score (nSPS) is 36.7. The monoisotopic (exact) mass is 399 g/mol. The van der Waals surface area contributed by atoms with Gasteiger partial charge in [0.25, 0.3) is 0 Å². The fourth-order valence-electron chi connectivity index (χ4n) is 6.76. The summed E-state index contributed by atoms with van der Waals surface area (Å²) in [6.45, 7) is 14.6. The fourth-order valence-corrected chi connectivity index (χ4v) is 11.6. The molecule has 25 heavy (non-hydrogen) atoms. The van der Waals surface area contributed by atoms with Crippen molar-refractivity contribution in [2.75, 3.05) is 0 Å². The third kappa shape index (κ3) is 5.93. The summed E-state index contributed by atoms with van der Waals surface area (Å²) >= 11 is 0. The van der Waals surface area contributed by atoms with E-state index in [1.807, 2.05) is 0 Å². The number of nitrogens with zero attached hydrogens (tertiary/aromatic N) is 1. The summed E-state index contributed by atoms with van der Waals surface area (Å²) < 4.78 is 0. The minimum Gasteiger partial charge on any atom is -0.660 e. The summed E-state index contributed by atoms with van der Waals surface area (Å²) in [5.41, 5.74) is 1.10. The quantitative estimate of drug-likeness (QED) is 0.336. The molecule has 3 fully saturated rings. The molecular formula is C22H45NSiTi. The largest absolute Gasteiger partial charge is 4.00 e. The van der Waals surface area contributed by atoms with Crippen molar-refractivity contribution >= 4 is 8.24 Å². The molecule has 5 unspecified atom stereocenters. The number of hydrogen-bond donors (Lipinski definition) is 0. The van der Waals surface area contributed by atoms with Gasteiger partial charge in [-0.1, -0.05) is 73.8 Å². The van der Waals surface area contributed by atoms with Gasteiger partial charge in [-0.15, -0.1) is 5.54 Å². The van der Waals surface area contributed by atoms with Crippen molar-refractivity contribution in [1.82, 2.24) is 0 Å². The molecule has 0 bridgehead atoms. The Morgan fingerprint density at radius 3 is 1.88 bits per heavy atom. The van der Waals surface area contributed by atoms with Crippen LogP contribution in [-0.4, -0.2) is 13.8 Å².